The summed E-state index contributed by atoms with van der Waals surface area (Å²) in [6.45, 7) is 1.30. The SMILES string of the molecule is Cl.Cl.FC(F)CN1CC2(C[C@H]3CC[C@@H](C2)N3)OCC12CC2. The molecule has 1 unspecified atom stereocenters. The summed E-state index contributed by atoms with van der Waals surface area (Å²) in [7, 11) is 0. The standard InChI is InChI=1S/C14H22F2N2O.2ClH/c15-12(16)7-18-8-14(19-9-13(18)3-4-13)5-10-1-2-11(6-14)17-10;;/h10-12,17H,1-9H2;2*1H/t10-,11+,14?;;. The predicted molar refractivity (Wildman–Crippen MR) is 81.9 cm³/mol. The molecule has 0 radical (unpaired) electrons. The van der Waals surface area contributed by atoms with Crippen LogP contribution in [0, 0.1) is 0 Å². The molecule has 0 aromatic carbocycles. The number of piperidine rings is 1. The van der Waals surface area contributed by atoms with E-state index >= 15 is 0 Å². The van der Waals surface area contributed by atoms with E-state index in [1.54, 1.807) is 0 Å². The number of alkyl halides is 2. The summed E-state index contributed by atoms with van der Waals surface area (Å²) >= 11 is 0. The van der Waals surface area contributed by atoms with Gasteiger partial charge in [-0.05, 0) is 38.5 Å². The average molecular weight is 345 g/mol. The van der Waals surface area contributed by atoms with Gasteiger partial charge in [0.25, 0.3) is 6.43 Å². The van der Waals surface area contributed by atoms with Gasteiger partial charge in [-0.25, -0.2) is 8.78 Å². The highest BCUT2D eigenvalue weighted by Crippen LogP contribution is 2.50. The van der Waals surface area contributed by atoms with Gasteiger partial charge >= 0.3 is 0 Å². The highest BCUT2D eigenvalue weighted by atomic mass is 35.5. The molecule has 3 saturated heterocycles. The Morgan fingerprint density at radius 1 is 1.14 bits per heavy atom. The van der Waals surface area contributed by atoms with Crippen LogP contribution in [-0.4, -0.2) is 54.2 Å². The summed E-state index contributed by atoms with van der Waals surface area (Å²) in [4.78, 5) is 2.05. The minimum Gasteiger partial charge on any atom is -0.372 e. The van der Waals surface area contributed by atoms with Crippen LogP contribution < -0.4 is 5.32 Å². The quantitative estimate of drug-likeness (QED) is 0.833. The number of nitrogens with zero attached hydrogens (tertiary/aromatic N) is 1. The zero-order valence-corrected chi connectivity index (χ0v) is 13.7. The van der Waals surface area contributed by atoms with Crippen LogP contribution in [-0.2, 0) is 4.74 Å². The smallest absolute Gasteiger partial charge is 0.251 e. The van der Waals surface area contributed by atoms with Gasteiger partial charge < -0.3 is 10.1 Å². The van der Waals surface area contributed by atoms with E-state index in [4.69, 9.17) is 4.74 Å². The van der Waals surface area contributed by atoms with E-state index in [1.165, 1.54) is 12.8 Å². The van der Waals surface area contributed by atoms with Gasteiger partial charge in [0, 0.05) is 24.2 Å². The zero-order chi connectivity index (χ0) is 13.1. The molecule has 2 bridgehead atoms. The first kappa shape index (κ1) is 17.7. The maximum atomic E-state index is 12.8. The first-order chi connectivity index (χ1) is 9.09. The zero-order valence-electron chi connectivity index (χ0n) is 12.0. The van der Waals surface area contributed by atoms with Crippen LogP contribution in [0.1, 0.15) is 38.5 Å². The van der Waals surface area contributed by atoms with Gasteiger partial charge in [-0.3, -0.25) is 4.90 Å². The maximum absolute atomic E-state index is 12.8. The highest BCUT2D eigenvalue weighted by molar-refractivity contribution is 5.85. The fraction of sp³-hybridized carbons (Fsp3) is 1.00. The van der Waals surface area contributed by atoms with Crippen molar-refractivity contribution in [1.29, 1.82) is 0 Å². The van der Waals surface area contributed by atoms with Crippen molar-refractivity contribution in [3.63, 3.8) is 0 Å². The minimum atomic E-state index is -2.23. The van der Waals surface area contributed by atoms with Crippen LogP contribution in [0.15, 0.2) is 0 Å². The van der Waals surface area contributed by atoms with Crippen LogP contribution in [0.2, 0.25) is 0 Å². The molecule has 3 heterocycles. The van der Waals surface area contributed by atoms with Gasteiger partial charge in [-0.15, -0.1) is 24.8 Å². The van der Waals surface area contributed by atoms with E-state index in [1.807, 2.05) is 4.90 Å². The number of fused-ring (bicyclic) bond motifs is 2. The molecule has 4 rings (SSSR count). The van der Waals surface area contributed by atoms with Gasteiger partial charge in [-0.1, -0.05) is 0 Å². The van der Waals surface area contributed by atoms with Gasteiger partial charge in [0.1, 0.15) is 0 Å². The number of nitrogens with one attached hydrogen (secondary N) is 1. The van der Waals surface area contributed by atoms with Crippen molar-refractivity contribution < 1.29 is 13.5 Å². The van der Waals surface area contributed by atoms with E-state index in [-0.39, 0.29) is 42.5 Å². The first-order valence-electron chi connectivity index (χ1n) is 7.53. The fourth-order valence-corrected chi connectivity index (χ4v) is 4.42. The van der Waals surface area contributed by atoms with Crippen molar-refractivity contribution in [2.45, 2.75) is 68.2 Å². The summed E-state index contributed by atoms with van der Waals surface area (Å²) in [5, 5.41) is 3.61. The Morgan fingerprint density at radius 3 is 2.29 bits per heavy atom. The lowest BCUT2D eigenvalue weighted by Crippen LogP contribution is -2.63. The summed E-state index contributed by atoms with van der Waals surface area (Å²) < 4.78 is 31.9. The van der Waals surface area contributed by atoms with Crippen molar-refractivity contribution in [1.82, 2.24) is 10.2 Å². The topological polar surface area (TPSA) is 24.5 Å². The van der Waals surface area contributed by atoms with E-state index in [2.05, 4.69) is 5.32 Å². The van der Waals surface area contributed by atoms with E-state index in [0.29, 0.717) is 25.2 Å². The lowest BCUT2D eigenvalue weighted by molar-refractivity contribution is -0.167. The number of rotatable bonds is 2. The molecular formula is C14H24Cl2F2N2O. The number of morpholine rings is 1. The van der Waals surface area contributed by atoms with Crippen molar-refractivity contribution in [2.24, 2.45) is 0 Å². The fourth-order valence-electron chi connectivity index (χ4n) is 4.42. The van der Waals surface area contributed by atoms with Crippen molar-refractivity contribution in [2.75, 3.05) is 19.7 Å². The number of ether oxygens (including phenoxy) is 1. The summed E-state index contributed by atoms with van der Waals surface area (Å²) in [6.07, 6.45) is 4.26. The number of hydrogen-bond acceptors (Lipinski definition) is 3. The lowest BCUT2D eigenvalue weighted by atomic mass is 9.84. The summed E-state index contributed by atoms with van der Waals surface area (Å²) in [5.41, 5.74) is -0.189. The molecule has 0 aromatic heterocycles. The Morgan fingerprint density at radius 2 is 1.76 bits per heavy atom. The second-order valence-corrected chi connectivity index (χ2v) is 7.01. The summed E-state index contributed by atoms with van der Waals surface area (Å²) in [6, 6.07) is 1.08. The van der Waals surface area contributed by atoms with Crippen molar-refractivity contribution in [3.05, 3.63) is 0 Å². The molecule has 4 fully saturated rings. The Bertz CT molecular complexity index is 370. The normalized spacial score (nSPS) is 40.1. The van der Waals surface area contributed by atoms with Crippen molar-refractivity contribution in [3.8, 4) is 0 Å². The van der Waals surface area contributed by atoms with E-state index in [9.17, 15) is 8.78 Å². The first-order valence-corrected chi connectivity index (χ1v) is 7.53. The third kappa shape index (κ3) is 3.18. The molecule has 2 spiro atoms. The molecule has 7 heteroatoms. The number of hydrogen-bond donors (Lipinski definition) is 1. The molecule has 4 aliphatic rings. The largest absolute Gasteiger partial charge is 0.372 e. The molecule has 3 atom stereocenters. The molecule has 21 heavy (non-hydrogen) atoms. The molecule has 1 aliphatic carbocycles. The molecule has 1 N–H and O–H groups in total. The molecule has 3 aliphatic heterocycles. The molecule has 3 nitrogen and oxygen atoms in total. The van der Waals surface area contributed by atoms with Gasteiger partial charge in [0.2, 0.25) is 0 Å². The monoisotopic (exact) mass is 344 g/mol. The Hall–Kier alpha value is 0.320. The minimum absolute atomic E-state index is 0. The summed E-state index contributed by atoms with van der Waals surface area (Å²) in [5.74, 6) is 0. The molecule has 124 valence electrons. The van der Waals surface area contributed by atoms with Gasteiger partial charge in [-0.2, -0.15) is 0 Å². The van der Waals surface area contributed by atoms with Gasteiger partial charge in [0.05, 0.1) is 18.8 Å². The van der Waals surface area contributed by atoms with Crippen LogP contribution >= 0.6 is 24.8 Å². The van der Waals surface area contributed by atoms with Crippen LogP contribution in [0.3, 0.4) is 0 Å². The molecule has 0 aromatic rings. The van der Waals surface area contributed by atoms with Gasteiger partial charge in [0.15, 0.2) is 0 Å². The van der Waals surface area contributed by atoms with Crippen molar-refractivity contribution >= 4 is 24.8 Å². The van der Waals surface area contributed by atoms with E-state index in [0.717, 1.165) is 25.7 Å². The second-order valence-electron chi connectivity index (χ2n) is 7.01. The molecule has 0 amide bonds. The Balaban J connectivity index is 0.000000807. The predicted octanol–water partition coefficient (Wildman–Crippen LogP) is 2.61. The molecular weight excluding hydrogens is 321 g/mol. The van der Waals surface area contributed by atoms with E-state index < -0.39 is 6.43 Å². The molecule has 1 saturated carbocycles. The lowest BCUT2D eigenvalue weighted by Gasteiger charge is -2.51. The third-order valence-corrected chi connectivity index (χ3v) is 5.55. The average Bonchev–Trinajstić information content (AvgIpc) is 3.05. The van der Waals surface area contributed by atoms with Crippen LogP contribution in [0.25, 0.3) is 0 Å². The maximum Gasteiger partial charge on any atom is 0.251 e. The second kappa shape index (κ2) is 6.08. The highest BCUT2D eigenvalue weighted by Gasteiger charge is 2.57. The number of halogens is 4. The Kier molecular flexibility index (Phi) is 5.12. The third-order valence-electron chi connectivity index (χ3n) is 5.55. The van der Waals surface area contributed by atoms with Crippen LogP contribution in [0.4, 0.5) is 8.78 Å². The van der Waals surface area contributed by atoms with Crippen LogP contribution in [0.5, 0.6) is 0 Å². The Labute approximate surface area is 137 Å².